The van der Waals surface area contributed by atoms with Gasteiger partial charge < -0.3 is 14.8 Å². The molecule has 1 aromatic carbocycles. The minimum Gasteiger partial charge on any atom is -0.395 e. The Morgan fingerprint density at radius 2 is 1.93 bits per heavy atom. The largest absolute Gasteiger partial charge is 0.586 e. The molecule has 0 bridgehead atoms. The van der Waals surface area contributed by atoms with Crippen LogP contribution in [-0.2, 0) is 6.54 Å². The van der Waals surface area contributed by atoms with Gasteiger partial charge in [-0.1, -0.05) is 0 Å². The highest BCUT2D eigenvalue weighted by Gasteiger charge is 2.44. The number of benzene rings is 1. The van der Waals surface area contributed by atoms with Crippen LogP contribution in [0.15, 0.2) is 12.1 Å². The average molecular weight is 213 g/mol. The Hall–Kier alpha value is -1.85. The van der Waals surface area contributed by atoms with Crippen molar-refractivity contribution in [1.82, 2.24) is 5.32 Å². The van der Waals surface area contributed by atoms with Crippen LogP contribution in [0.4, 0.5) is 8.78 Å². The zero-order valence-electron chi connectivity index (χ0n) is 7.34. The highest BCUT2D eigenvalue weighted by atomic mass is 19.3. The highest BCUT2D eigenvalue weighted by Crippen LogP contribution is 2.43. The molecule has 4 nitrogen and oxygen atoms in total. The molecule has 6 heteroatoms. The van der Waals surface area contributed by atoms with E-state index >= 15 is 0 Å². The minimum absolute atomic E-state index is 0.0322. The van der Waals surface area contributed by atoms with Crippen molar-refractivity contribution in [3.63, 3.8) is 0 Å². The Labute approximate surface area is 82.8 Å². The van der Waals surface area contributed by atoms with E-state index in [-0.39, 0.29) is 17.4 Å². The van der Waals surface area contributed by atoms with E-state index in [0.717, 1.165) is 0 Å². The predicted molar refractivity (Wildman–Crippen MR) is 43.8 cm³/mol. The molecule has 78 valence electrons. The number of fused-ring (bicyclic) bond motifs is 2. The zero-order chi connectivity index (χ0) is 10.6. The SMILES string of the molecule is O=C1NCc2cc3c(cc21)OC(F)(F)O3. The molecule has 1 aromatic rings. The smallest absolute Gasteiger partial charge is 0.395 e. The Kier molecular flexibility index (Phi) is 1.35. The number of halogens is 2. The Morgan fingerprint density at radius 3 is 2.67 bits per heavy atom. The first kappa shape index (κ1) is 8.46. The lowest BCUT2D eigenvalue weighted by Crippen LogP contribution is -2.26. The number of carbonyl (C=O) groups is 1. The fourth-order valence-electron chi connectivity index (χ4n) is 1.67. The van der Waals surface area contributed by atoms with Gasteiger partial charge >= 0.3 is 6.29 Å². The molecule has 3 rings (SSSR count). The first-order valence-electron chi connectivity index (χ1n) is 4.26. The molecule has 0 atom stereocenters. The fraction of sp³-hybridized carbons (Fsp3) is 0.222. The van der Waals surface area contributed by atoms with E-state index in [0.29, 0.717) is 17.7 Å². The molecule has 1 N–H and O–H groups in total. The van der Waals surface area contributed by atoms with Gasteiger partial charge in [-0.15, -0.1) is 8.78 Å². The molecule has 0 aromatic heterocycles. The predicted octanol–water partition coefficient (Wildman–Crippen LogP) is 1.25. The second-order valence-corrected chi connectivity index (χ2v) is 3.31. The monoisotopic (exact) mass is 213 g/mol. The number of hydrogen-bond acceptors (Lipinski definition) is 3. The Morgan fingerprint density at radius 1 is 1.27 bits per heavy atom. The first-order valence-corrected chi connectivity index (χ1v) is 4.26. The molecular weight excluding hydrogens is 208 g/mol. The summed E-state index contributed by atoms with van der Waals surface area (Å²) in [7, 11) is 0. The molecule has 0 fully saturated rings. The van der Waals surface area contributed by atoms with Crippen LogP contribution < -0.4 is 14.8 Å². The molecule has 2 aliphatic rings. The average Bonchev–Trinajstić information content (AvgIpc) is 2.62. The second-order valence-electron chi connectivity index (χ2n) is 3.31. The van der Waals surface area contributed by atoms with Gasteiger partial charge in [-0.25, -0.2) is 0 Å². The summed E-state index contributed by atoms with van der Waals surface area (Å²) in [5, 5.41) is 2.57. The molecule has 2 heterocycles. The lowest BCUT2D eigenvalue weighted by molar-refractivity contribution is -0.286. The first-order chi connectivity index (χ1) is 7.05. The molecule has 0 radical (unpaired) electrons. The van der Waals surface area contributed by atoms with Crippen LogP contribution >= 0.6 is 0 Å². The summed E-state index contributed by atoms with van der Waals surface area (Å²) in [4.78, 5) is 11.2. The molecule has 0 saturated carbocycles. The van der Waals surface area contributed by atoms with Gasteiger partial charge in [0.05, 0.1) is 0 Å². The van der Waals surface area contributed by atoms with Crippen LogP contribution in [0.5, 0.6) is 11.5 Å². The van der Waals surface area contributed by atoms with Gasteiger partial charge in [0.1, 0.15) is 0 Å². The number of alkyl halides is 2. The summed E-state index contributed by atoms with van der Waals surface area (Å²) in [5.41, 5.74) is 0.995. The lowest BCUT2D eigenvalue weighted by Gasteiger charge is -2.04. The summed E-state index contributed by atoms with van der Waals surface area (Å²) >= 11 is 0. The van der Waals surface area contributed by atoms with E-state index in [1.165, 1.54) is 12.1 Å². The number of amides is 1. The van der Waals surface area contributed by atoms with E-state index in [4.69, 9.17) is 0 Å². The number of carbonyl (C=O) groups excluding carboxylic acids is 1. The summed E-state index contributed by atoms with van der Waals surface area (Å²) in [6, 6.07) is 2.66. The summed E-state index contributed by atoms with van der Waals surface area (Å²) in [6.07, 6.45) is -3.63. The molecule has 0 spiro atoms. The third-order valence-electron chi connectivity index (χ3n) is 2.31. The van der Waals surface area contributed by atoms with E-state index in [1.807, 2.05) is 0 Å². The van der Waals surface area contributed by atoms with Crippen molar-refractivity contribution in [3.05, 3.63) is 23.3 Å². The zero-order valence-corrected chi connectivity index (χ0v) is 7.34. The van der Waals surface area contributed by atoms with Crippen LogP contribution in [0.1, 0.15) is 15.9 Å². The van der Waals surface area contributed by atoms with Crippen molar-refractivity contribution in [2.24, 2.45) is 0 Å². The molecular formula is C9H5F2NO3. The second kappa shape index (κ2) is 2.39. The number of nitrogens with one attached hydrogen (secondary N) is 1. The standard InChI is InChI=1S/C9H5F2NO3/c10-9(11)14-6-1-4-3-12-8(13)5(4)2-7(6)15-9/h1-2H,3H2,(H,12,13). The maximum atomic E-state index is 12.7. The van der Waals surface area contributed by atoms with Crippen molar-refractivity contribution in [1.29, 1.82) is 0 Å². The van der Waals surface area contributed by atoms with E-state index < -0.39 is 6.29 Å². The van der Waals surface area contributed by atoms with Gasteiger partial charge in [-0.05, 0) is 17.7 Å². The van der Waals surface area contributed by atoms with Gasteiger partial charge in [0, 0.05) is 12.1 Å². The molecule has 2 aliphatic heterocycles. The molecule has 0 saturated heterocycles. The van der Waals surface area contributed by atoms with E-state index in [9.17, 15) is 13.6 Å². The minimum atomic E-state index is -3.63. The molecule has 0 aliphatic carbocycles. The quantitative estimate of drug-likeness (QED) is 0.705. The van der Waals surface area contributed by atoms with Crippen molar-refractivity contribution in [3.8, 4) is 11.5 Å². The van der Waals surface area contributed by atoms with Crippen molar-refractivity contribution < 1.29 is 23.0 Å². The van der Waals surface area contributed by atoms with Gasteiger partial charge in [0.15, 0.2) is 11.5 Å². The van der Waals surface area contributed by atoms with Gasteiger partial charge in [-0.2, -0.15) is 0 Å². The summed E-state index contributed by atoms with van der Waals surface area (Å²) in [5.74, 6) is -0.419. The van der Waals surface area contributed by atoms with E-state index in [1.54, 1.807) is 0 Å². The number of ether oxygens (including phenoxy) is 2. The van der Waals surface area contributed by atoms with Crippen molar-refractivity contribution in [2.45, 2.75) is 12.8 Å². The topological polar surface area (TPSA) is 47.6 Å². The van der Waals surface area contributed by atoms with Crippen molar-refractivity contribution >= 4 is 5.91 Å². The Balaban J connectivity index is 2.12. The van der Waals surface area contributed by atoms with Crippen LogP contribution in [-0.4, -0.2) is 12.2 Å². The number of hydrogen-bond donors (Lipinski definition) is 1. The number of rotatable bonds is 0. The molecule has 0 unspecified atom stereocenters. The highest BCUT2D eigenvalue weighted by molar-refractivity contribution is 5.99. The molecule has 1 amide bonds. The van der Waals surface area contributed by atoms with Crippen LogP contribution in [0, 0.1) is 0 Å². The van der Waals surface area contributed by atoms with Crippen LogP contribution in [0.25, 0.3) is 0 Å². The normalized spacial score (nSPS) is 20.0. The van der Waals surface area contributed by atoms with Crippen molar-refractivity contribution in [2.75, 3.05) is 0 Å². The van der Waals surface area contributed by atoms with Crippen LogP contribution in [0.3, 0.4) is 0 Å². The third kappa shape index (κ3) is 1.14. The maximum absolute atomic E-state index is 12.7. The van der Waals surface area contributed by atoms with Gasteiger partial charge in [-0.3, -0.25) is 4.79 Å². The maximum Gasteiger partial charge on any atom is 0.586 e. The van der Waals surface area contributed by atoms with E-state index in [2.05, 4.69) is 14.8 Å². The summed E-state index contributed by atoms with van der Waals surface area (Å²) < 4.78 is 33.8. The van der Waals surface area contributed by atoms with Crippen LogP contribution in [0.2, 0.25) is 0 Å². The fourth-order valence-corrected chi connectivity index (χ4v) is 1.67. The third-order valence-corrected chi connectivity index (χ3v) is 2.31. The van der Waals surface area contributed by atoms with Gasteiger partial charge in [0.25, 0.3) is 5.91 Å². The molecule has 15 heavy (non-hydrogen) atoms. The Bertz CT molecular complexity index is 473. The lowest BCUT2D eigenvalue weighted by atomic mass is 10.1. The summed E-state index contributed by atoms with van der Waals surface area (Å²) in [6.45, 7) is 0.330. The van der Waals surface area contributed by atoms with Gasteiger partial charge in [0.2, 0.25) is 0 Å².